The van der Waals surface area contributed by atoms with Gasteiger partial charge in [0.15, 0.2) is 5.82 Å². The third-order valence-electron chi connectivity index (χ3n) is 2.46. The third-order valence-corrected chi connectivity index (χ3v) is 2.46. The van der Waals surface area contributed by atoms with E-state index in [9.17, 15) is 0 Å². The summed E-state index contributed by atoms with van der Waals surface area (Å²) in [6, 6.07) is 6.18. The first-order chi connectivity index (χ1) is 6.88. The molecule has 1 aromatic carbocycles. The van der Waals surface area contributed by atoms with Crippen LogP contribution in [0.1, 0.15) is 11.1 Å². The molecule has 1 aliphatic heterocycles. The van der Waals surface area contributed by atoms with E-state index in [4.69, 9.17) is 0 Å². The monoisotopic (exact) mass is 184 g/mol. The zero-order valence-corrected chi connectivity index (χ0v) is 7.51. The number of aromatic nitrogens is 4. The molecular formula is C10H8N4. The van der Waals surface area contributed by atoms with Crippen LogP contribution in [0, 0.1) is 0 Å². The Kier molecular flexibility index (Phi) is 1.33. The third kappa shape index (κ3) is 0.849. The largest absolute Gasteiger partial charge is 0.221 e. The number of nitrogens with zero attached hydrogens (tertiary/aromatic N) is 4. The minimum Gasteiger partial charge on any atom is -0.221 e. The molecule has 2 aromatic rings. The van der Waals surface area contributed by atoms with Crippen LogP contribution in [0.25, 0.3) is 17.5 Å². The van der Waals surface area contributed by atoms with Crippen molar-refractivity contribution in [2.24, 2.45) is 0 Å². The first kappa shape index (κ1) is 7.44. The fourth-order valence-electron chi connectivity index (χ4n) is 1.75. The quantitative estimate of drug-likeness (QED) is 0.573. The summed E-state index contributed by atoms with van der Waals surface area (Å²) in [4.78, 5) is 0. The lowest BCUT2D eigenvalue weighted by Crippen LogP contribution is -1.95. The van der Waals surface area contributed by atoms with Crippen LogP contribution in [-0.4, -0.2) is 20.2 Å². The Labute approximate surface area is 80.9 Å². The predicted molar refractivity (Wildman–Crippen MR) is 52.4 cm³/mol. The molecule has 0 fully saturated rings. The first-order valence-corrected chi connectivity index (χ1v) is 4.40. The van der Waals surface area contributed by atoms with Crippen molar-refractivity contribution in [1.29, 1.82) is 0 Å². The van der Waals surface area contributed by atoms with Gasteiger partial charge in [-0.25, -0.2) is 4.68 Å². The fraction of sp³-hybridized carbons (Fsp3) is 0.100. The molecule has 0 atom stereocenters. The van der Waals surface area contributed by atoms with Crippen molar-refractivity contribution in [3.8, 4) is 11.4 Å². The number of hydrogen-bond acceptors (Lipinski definition) is 3. The molecule has 0 N–H and O–H groups in total. The minimum atomic E-state index is 0.763. The fourth-order valence-corrected chi connectivity index (χ4v) is 1.75. The zero-order chi connectivity index (χ0) is 9.54. The van der Waals surface area contributed by atoms with Crippen LogP contribution in [0.4, 0.5) is 0 Å². The van der Waals surface area contributed by atoms with Gasteiger partial charge in [0.2, 0.25) is 0 Å². The van der Waals surface area contributed by atoms with Crippen LogP contribution in [0.2, 0.25) is 0 Å². The highest BCUT2D eigenvalue weighted by atomic mass is 15.5. The van der Waals surface area contributed by atoms with Gasteiger partial charge in [-0.1, -0.05) is 24.8 Å². The van der Waals surface area contributed by atoms with E-state index < -0.39 is 0 Å². The highest BCUT2D eigenvalue weighted by Gasteiger charge is 2.20. The molecule has 14 heavy (non-hydrogen) atoms. The summed E-state index contributed by atoms with van der Waals surface area (Å²) >= 11 is 0. The predicted octanol–water partition coefficient (Wildman–Crippen LogP) is 1.34. The summed E-state index contributed by atoms with van der Waals surface area (Å²) in [5, 5.41) is 11.5. The van der Waals surface area contributed by atoms with Gasteiger partial charge < -0.3 is 0 Å². The van der Waals surface area contributed by atoms with Crippen molar-refractivity contribution in [3.05, 3.63) is 35.9 Å². The molecule has 0 unspecified atom stereocenters. The van der Waals surface area contributed by atoms with E-state index in [0.717, 1.165) is 23.5 Å². The SMILES string of the molecule is C=Cc1ccc2c(c1)Cn1nnnc1-2. The van der Waals surface area contributed by atoms with Crippen LogP contribution in [0.15, 0.2) is 24.8 Å². The lowest BCUT2D eigenvalue weighted by Gasteiger charge is -1.98. The Hall–Kier alpha value is -1.97. The number of fused-ring (bicyclic) bond motifs is 3. The topological polar surface area (TPSA) is 43.6 Å². The van der Waals surface area contributed by atoms with Crippen molar-refractivity contribution in [2.75, 3.05) is 0 Å². The van der Waals surface area contributed by atoms with Gasteiger partial charge in [-0.15, -0.1) is 5.10 Å². The van der Waals surface area contributed by atoms with Gasteiger partial charge in [0, 0.05) is 5.56 Å². The second-order valence-corrected chi connectivity index (χ2v) is 3.28. The van der Waals surface area contributed by atoms with E-state index >= 15 is 0 Å². The molecule has 4 nitrogen and oxygen atoms in total. The molecule has 0 saturated heterocycles. The minimum absolute atomic E-state index is 0.763. The summed E-state index contributed by atoms with van der Waals surface area (Å²) in [7, 11) is 0. The van der Waals surface area contributed by atoms with E-state index in [1.807, 2.05) is 18.2 Å². The molecule has 68 valence electrons. The Balaban J connectivity index is 2.23. The molecule has 4 heteroatoms. The molecule has 0 radical (unpaired) electrons. The average molecular weight is 184 g/mol. The van der Waals surface area contributed by atoms with E-state index in [-0.39, 0.29) is 0 Å². The molecule has 1 aliphatic rings. The van der Waals surface area contributed by atoms with Crippen LogP contribution in [-0.2, 0) is 6.54 Å². The molecule has 0 spiro atoms. The maximum atomic E-state index is 3.97. The Morgan fingerprint density at radius 1 is 1.43 bits per heavy atom. The first-order valence-electron chi connectivity index (χ1n) is 4.40. The Bertz CT molecular complexity index is 513. The smallest absolute Gasteiger partial charge is 0.182 e. The second kappa shape index (κ2) is 2.51. The molecule has 0 aliphatic carbocycles. The summed E-state index contributed by atoms with van der Waals surface area (Å²) in [6.07, 6.45) is 1.84. The molecule has 0 amide bonds. The van der Waals surface area contributed by atoms with E-state index in [1.165, 1.54) is 5.56 Å². The molecule has 0 bridgehead atoms. The van der Waals surface area contributed by atoms with Crippen molar-refractivity contribution in [1.82, 2.24) is 20.2 Å². The number of rotatable bonds is 1. The van der Waals surface area contributed by atoms with Gasteiger partial charge in [0.1, 0.15) is 0 Å². The normalized spacial score (nSPS) is 12.3. The maximum Gasteiger partial charge on any atom is 0.182 e. The van der Waals surface area contributed by atoms with E-state index in [2.05, 4.69) is 28.2 Å². The second-order valence-electron chi connectivity index (χ2n) is 3.28. The van der Waals surface area contributed by atoms with Gasteiger partial charge in [-0.2, -0.15) is 0 Å². The summed E-state index contributed by atoms with van der Waals surface area (Å²) in [6.45, 7) is 4.51. The molecule has 0 saturated carbocycles. The van der Waals surface area contributed by atoms with Gasteiger partial charge in [-0.05, 0) is 27.6 Å². The average Bonchev–Trinajstić information content (AvgIpc) is 2.75. The van der Waals surface area contributed by atoms with Crippen molar-refractivity contribution < 1.29 is 0 Å². The molecule has 3 rings (SSSR count). The lowest BCUT2D eigenvalue weighted by atomic mass is 10.1. The highest BCUT2D eigenvalue weighted by molar-refractivity contribution is 5.66. The van der Waals surface area contributed by atoms with E-state index in [0.29, 0.717) is 0 Å². The van der Waals surface area contributed by atoms with Crippen LogP contribution < -0.4 is 0 Å². The Morgan fingerprint density at radius 3 is 3.21 bits per heavy atom. The summed E-state index contributed by atoms with van der Waals surface area (Å²) in [5.41, 5.74) is 3.49. The van der Waals surface area contributed by atoms with Gasteiger partial charge >= 0.3 is 0 Å². The van der Waals surface area contributed by atoms with Crippen molar-refractivity contribution in [3.63, 3.8) is 0 Å². The van der Waals surface area contributed by atoms with Gasteiger partial charge in [-0.3, -0.25) is 0 Å². The molecule has 1 aromatic heterocycles. The van der Waals surface area contributed by atoms with Crippen molar-refractivity contribution >= 4 is 6.08 Å². The van der Waals surface area contributed by atoms with Crippen molar-refractivity contribution in [2.45, 2.75) is 6.54 Å². The van der Waals surface area contributed by atoms with Crippen LogP contribution in [0.5, 0.6) is 0 Å². The molecule has 2 heterocycles. The number of tetrazole rings is 1. The number of benzene rings is 1. The Morgan fingerprint density at radius 2 is 2.36 bits per heavy atom. The van der Waals surface area contributed by atoms with E-state index in [1.54, 1.807) is 4.68 Å². The zero-order valence-electron chi connectivity index (χ0n) is 7.51. The molecular weight excluding hydrogens is 176 g/mol. The lowest BCUT2D eigenvalue weighted by molar-refractivity contribution is 0.670. The van der Waals surface area contributed by atoms with Crippen LogP contribution >= 0.6 is 0 Å². The summed E-state index contributed by atoms with van der Waals surface area (Å²) in [5.74, 6) is 0.857. The highest BCUT2D eigenvalue weighted by Crippen LogP contribution is 2.29. The maximum absolute atomic E-state index is 3.97. The number of hydrogen-bond donors (Lipinski definition) is 0. The summed E-state index contributed by atoms with van der Waals surface area (Å²) < 4.78 is 1.80. The van der Waals surface area contributed by atoms with Gasteiger partial charge in [0.25, 0.3) is 0 Å². The standard InChI is InChI=1S/C10H8N4/c1-2-7-3-4-9-8(5-7)6-14-10(9)11-12-13-14/h2-5H,1,6H2. The van der Waals surface area contributed by atoms with Gasteiger partial charge in [0.05, 0.1) is 6.54 Å². The van der Waals surface area contributed by atoms with Crippen LogP contribution in [0.3, 0.4) is 0 Å².